The van der Waals surface area contributed by atoms with Crippen LogP contribution in [0.3, 0.4) is 0 Å². The van der Waals surface area contributed by atoms with E-state index in [1.54, 1.807) is 0 Å². The number of rotatable bonds is 5. The van der Waals surface area contributed by atoms with Gasteiger partial charge in [0.2, 0.25) is 5.91 Å². The number of ether oxygens (including phenoxy) is 1. The average Bonchev–Trinajstić information content (AvgIpc) is 2.94. The van der Waals surface area contributed by atoms with Gasteiger partial charge in [-0.25, -0.2) is 8.78 Å². The molecule has 1 aromatic carbocycles. The molecule has 0 bridgehead atoms. The van der Waals surface area contributed by atoms with Crippen LogP contribution in [0.1, 0.15) is 17.5 Å². The fourth-order valence-electron chi connectivity index (χ4n) is 3.22. The van der Waals surface area contributed by atoms with Crippen LogP contribution in [0.2, 0.25) is 0 Å². The summed E-state index contributed by atoms with van der Waals surface area (Å²) >= 11 is 0. The fraction of sp³-hybridized carbons (Fsp3) is 0.588. The van der Waals surface area contributed by atoms with Gasteiger partial charge in [0.1, 0.15) is 11.6 Å². The van der Waals surface area contributed by atoms with Gasteiger partial charge >= 0.3 is 6.18 Å². The molecule has 0 spiro atoms. The summed E-state index contributed by atoms with van der Waals surface area (Å²) in [6.45, 7) is 0.876. The van der Waals surface area contributed by atoms with Gasteiger partial charge in [-0.1, -0.05) is 0 Å². The van der Waals surface area contributed by atoms with Crippen LogP contribution in [0.4, 0.5) is 22.0 Å². The van der Waals surface area contributed by atoms with E-state index in [-0.39, 0.29) is 36.9 Å². The number of nitrogens with one attached hydrogen (secondary N) is 2. The van der Waals surface area contributed by atoms with Crippen LogP contribution >= 0.6 is 0 Å². The second-order valence-electron chi connectivity index (χ2n) is 6.89. The van der Waals surface area contributed by atoms with Gasteiger partial charge in [-0.15, -0.1) is 0 Å². The third kappa shape index (κ3) is 4.56. The summed E-state index contributed by atoms with van der Waals surface area (Å²) < 4.78 is 71.1. The number of alkyl halides is 3. The van der Waals surface area contributed by atoms with Gasteiger partial charge in [-0.3, -0.25) is 4.79 Å². The average molecular weight is 394 g/mol. The zero-order valence-electron chi connectivity index (χ0n) is 14.2. The number of hydrogen-bond acceptors (Lipinski definition) is 4. The van der Waals surface area contributed by atoms with Crippen molar-refractivity contribution < 1.29 is 36.6 Å². The lowest BCUT2D eigenvalue weighted by molar-refractivity contribution is -0.140. The normalized spacial score (nSPS) is 24.5. The maximum Gasteiger partial charge on any atom is 0.419 e. The van der Waals surface area contributed by atoms with E-state index in [2.05, 4.69) is 10.6 Å². The van der Waals surface area contributed by atoms with Crippen molar-refractivity contribution in [3.63, 3.8) is 0 Å². The maximum atomic E-state index is 14.1. The molecular formula is C17H19F5N2O3. The summed E-state index contributed by atoms with van der Waals surface area (Å²) in [5.74, 6) is -3.31. The molecule has 3 atom stereocenters. The van der Waals surface area contributed by atoms with Gasteiger partial charge in [0.15, 0.2) is 0 Å². The zero-order chi connectivity index (χ0) is 19.8. The molecule has 1 aromatic rings. The van der Waals surface area contributed by atoms with Gasteiger partial charge in [0, 0.05) is 18.5 Å². The highest BCUT2D eigenvalue weighted by Crippen LogP contribution is 2.33. The molecule has 5 nitrogen and oxygen atoms in total. The van der Waals surface area contributed by atoms with Crippen molar-refractivity contribution in [3.8, 4) is 0 Å². The van der Waals surface area contributed by atoms with Crippen molar-refractivity contribution in [1.29, 1.82) is 0 Å². The first-order valence-corrected chi connectivity index (χ1v) is 8.50. The predicted octanol–water partition coefficient (Wildman–Crippen LogP) is 1.38. The van der Waals surface area contributed by atoms with E-state index in [4.69, 9.17) is 4.74 Å². The van der Waals surface area contributed by atoms with Crippen LogP contribution in [-0.2, 0) is 22.1 Å². The summed E-state index contributed by atoms with van der Waals surface area (Å²) in [6.07, 6.45) is -5.58. The lowest BCUT2D eigenvalue weighted by Gasteiger charge is -2.35. The highest BCUT2D eigenvalue weighted by Gasteiger charge is 2.37. The van der Waals surface area contributed by atoms with Crippen LogP contribution < -0.4 is 10.6 Å². The lowest BCUT2D eigenvalue weighted by Crippen LogP contribution is -2.53. The minimum absolute atomic E-state index is 0.135. The van der Waals surface area contributed by atoms with Gasteiger partial charge in [0.25, 0.3) is 0 Å². The minimum atomic E-state index is -4.99. The Hall–Kier alpha value is -1.78. The topological polar surface area (TPSA) is 70.6 Å². The highest BCUT2D eigenvalue weighted by molar-refractivity contribution is 5.82. The summed E-state index contributed by atoms with van der Waals surface area (Å²) in [7, 11) is 0. The van der Waals surface area contributed by atoms with E-state index in [9.17, 15) is 31.9 Å². The van der Waals surface area contributed by atoms with E-state index < -0.39 is 47.5 Å². The Labute approximate surface area is 151 Å². The molecule has 0 aromatic heterocycles. The number of amides is 1. The zero-order valence-corrected chi connectivity index (χ0v) is 14.2. The first-order chi connectivity index (χ1) is 12.6. The van der Waals surface area contributed by atoms with E-state index in [0.717, 1.165) is 0 Å². The summed E-state index contributed by atoms with van der Waals surface area (Å²) in [4.78, 5) is 12.3. The number of aliphatic hydroxyl groups is 1. The van der Waals surface area contributed by atoms with Crippen LogP contribution in [-0.4, -0.2) is 49.0 Å². The molecule has 1 amide bonds. The van der Waals surface area contributed by atoms with E-state index >= 15 is 0 Å². The Bertz CT molecular complexity index is 709. The number of carbonyl (C=O) groups excluding carboxylic acids is 1. The molecule has 2 heterocycles. The first kappa shape index (κ1) is 20.0. The monoisotopic (exact) mass is 394 g/mol. The van der Waals surface area contributed by atoms with Crippen molar-refractivity contribution >= 4 is 5.91 Å². The number of aliphatic hydroxyl groups excluding tert-OH is 1. The van der Waals surface area contributed by atoms with E-state index in [0.29, 0.717) is 19.3 Å². The molecule has 3 N–H and O–H groups in total. The van der Waals surface area contributed by atoms with Crippen LogP contribution in [0.15, 0.2) is 12.1 Å². The molecule has 0 saturated carbocycles. The van der Waals surface area contributed by atoms with E-state index in [1.165, 1.54) is 0 Å². The molecule has 2 fully saturated rings. The molecule has 0 aliphatic carbocycles. The Kier molecular flexibility index (Phi) is 5.68. The highest BCUT2D eigenvalue weighted by atomic mass is 19.4. The molecule has 27 heavy (non-hydrogen) atoms. The first-order valence-electron chi connectivity index (χ1n) is 8.50. The Morgan fingerprint density at radius 3 is 2.52 bits per heavy atom. The fourth-order valence-corrected chi connectivity index (χ4v) is 3.22. The number of β-amino-alcohol motifs (C(OH)–C–C–N with tert-alkyl or cyclic N) is 1. The van der Waals surface area contributed by atoms with Crippen molar-refractivity contribution in [2.75, 3.05) is 19.8 Å². The largest absolute Gasteiger partial charge is 0.419 e. The van der Waals surface area contributed by atoms with Crippen LogP contribution in [0, 0.1) is 17.6 Å². The second-order valence-corrected chi connectivity index (χ2v) is 6.89. The molecule has 10 heteroatoms. The van der Waals surface area contributed by atoms with Crippen molar-refractivity contribution in [2.45, 2.75) is 37.2 Å². The molecular weight excluding hydrogens is 375 g/mol. The summed E-state index contributed by atoms with van der Waals surface area (Å²) in [5.41, 5.74) is -1.92. The number of benzene rings is 1. The van der Waals surface area contributed by atoms with Gasteiger partial charge in [0.05, 0.1) is 30.9 Å². The SMILES string of the molecule is O=C(NC(Cc1cc(F)c(C(F)(F)F)cc1F)C1COC1)[C@H]1C[C@@H](O)CN1. The van der Waals surface area contributed by atoms with Crippen LogP contribution in [0.5, 0.6) is 0 Å². The standard InChI is InChI=1S/C17H19F5N2O3/c18-12-4-11(17(20,21)22)13(19)1-8(12)2-14(9-6-27-7-9)24-16(26)15-3-10(25)5-23-15/h1,4,9-10,14-15,23,25H,2-3,5-7H2,(H,24,26)/t10-,14?,15-/m1/s1. The number of halogens is 5. The molecule has 2 aliphatic rings. The molecule has 1 unspecified atom stereocenters. The number of carbonyl (C=O) groups is 1. The molecule has 2 saturated heterocycles. The minimum Gasteiger partial charge on any atom is -0.392 e. The third-order valence-corrected chi connectivity index (χ3v) is 4.87. The van der Waals surface area contributed by atoms with Crippen molar-refractivity contribution in [2.24, 2.45) is 5.92 Å². The third-order valence-electron chi connectivity index (χ3n) is 4.87. The smallest absolute Gasteiger partial charge is 0.392 e. The Morgan fingerprint density at radius 1 is 1.30 bits per heavy atom. The molecule has 2 aliphatic heterocycles. The van der Waals surface area contributed by atoms with E-state index in [1.807, 2.05) is 0 Å². The lowest BCUT2D eigenvalue weighted by atomic mass is 9.91. The molecule has 150 valence electrons. The summed E-state index contributed by atoms with van der Waals surface area (Å²) in [5, 5.41) is 15.1. The van der Waals surface area contributed by atoms with Crippen molar-refractivity contribution in [1.82, 2.24) is 10.6 Å². The second kappa shape index (κ2) is 7.69. The van der Waals surface area contributed by atoms with Crippen LogP contribution in [0.25, 0.3) is 0 Å². The van der Waals surface area contributed by atoms with Gasteiger partial charge in [-0.2, -0.15) is 13.2 Å². The Morgan fingerprint density at radius 2 is 2.00 bits per heavy atom. The predicted molar refractivity (Wildman–Crippen MR) is 83.7 cm³/mol. The van der Waals surface area contributed by atoms with Crippen molar-refractivity contribution in [3.05, 3.63) is 34.9 Å². The number of hydrogen-bond donors (Lipinski definition) is 3. The van der Waals surface area contributed by atoms with Gasteiger partial charge in [-0.05, 0) is 30.5 Å². The molecule has 0 radical (unpaired) electrons. The maximum absolute atomic E-state index is 14.1. The quantitative estimate of drug-likeness (QED) is 0.660. The van der Waals surface area contributed by atoms with Gasteiger partial charge < -0.3 is 20.5 Å². The summed E-state index contributed by atoms with van der Waals surface area (Å²) in [6, 6.07) is -0.585. The Balaban J connectivity index is 1.75. The molecule has 3 rings (SSSR count).